The van der Waals surface area contributed by atoms with E-state index < -0.39 is 29.8 Å². The summed E-state index contributed by atoms with van der Waals surface area (Å²) in [7, 11) is 0. The zero-order chi connectivity index (χ0) is 15.4. The smallest absolute Gasteiger partial charge is 0.323 e. The van der Waals surface area contributed by atoms with E-state index in [0.717, 1.165) is 16.8 Å². The monoisotopic (exact) mass is 290 g/mol. The number of rotatable bonds is 4. The van der Waals surface area contributed by atoms with Crippen LogP contribution in [0.2, 0.25) is 0 Å². The summed E-state index contributed by atoms with van der Waals surface area (Å²) < 4.78 is 13.7. The molecule has 0 aliphatic heterocycles. The van der Waals surface area contributed by atoms with E-state index in [1.807, 2.05) is 0 Å². The van der Waals surface area contributed by atoms with Gasteiger partial charge in [0.2, 0.25) is 0 Å². The summed E-state index contributed by atoms with van der Waals surface area (Å²) in [5.74, 6) is -2.14. The van der Waals surface area contributed by atoms with Gasteiger partial charge < -0.3 is 15.0 Å². The molecule has 6 nitrogen and oxygen atoms in total. The van der Waals surface area contributed by atoms with Crippen molar-refractivity contribution in [1.82, 2.24) is 4.57 Å². The van der Waals surface area contributed by atoms with E-state index in [1.54, 1.807) is 0 Å². The molecule has 7 heteroatoms. The van der Waals surface area contributed by atoms with E-state index in [2.05, 4.69) is 5.32 Å². The molecule has 21 heavy (non-hydrogen) atoms. The summed E-state index contributed by atoms with van der Waals surface area (Å²) in [6, 6.07) is 7.57. The van der Waals surface area contributed by atoms with Gasteiger partial charge in [-0.2, -0.15) is 0 Å². The molecule has 1 heterocycles. The van der Waals surface area contributed by atoms with Crippen molar-refractivity contribution in [3.05, 3.63) is 64.3 Å². The van der Waals surface area contributed by atoms with Crippen LogP contribution in [0, 0.1) is 5.82 Å². The van der Waals surface area contributed by atoms with E-state index in [-0.39, 0.29) is 5.56 Å². The zero-order valence-electron chi connectivity index (χ0n) is 10.7. The van der Waals surface area contributed by atoms with Crippen LogP contribution in [-0.4, -0.2) is 21.6 Å². The minimum atomic E-state index is -1.19. The van der Waals surface area contributed by atoms with E-state index in [1.165, 1.54) is 30.3 Å². The minimum Gasteiger partial charge on any atom is -0.480 e. The Hall–Kier alpha value is -2.96. The highest BCUT2D eigenvalue weighted by Gasteiger charge is 2.09. The van der Waals surface area contributed by atoms with Crippen molar-refractivity contribution in [1.29, 1.82) is 0 Å². The molecule has 0 saturated heterocycles. The Morgan fingerprint density at radius 3 is 2.43 bits per heavy atom. The van der Waals surface area contributed by atoms with Crippen molar-refractivity contribution in [3.8, 4) is 0 Å². The van der Waals surface area contributed by atoms with Gasteiger partial charge in [-0.3, -0.25) is 14.4 Å². The van der Waals surface area contributed by atoms with Gasteiger partial charge in [0.1, 0.15) is 12.4 Å². The topological polar surface area (TPSA) is 88.4 Å². The number of amides is 1. The number of carbonyl (C=O) groups excluding carboxylic acids is 1. The van der Waals surface area contributed by atoms with Crippen molar-refractivity contribution in [2.45, 2.75) is 6.54 Å². The van der Waals surface area contributed by atoms with E-state index in [4.69, 9.17) is 5.11 Å². The third-order valence-corrected chi connectivity index (χ3v) is 2.65. The fourth-order valence-electron chi connectivity index (χ4n) is 1.67. The molecule has 0 bridgehead atoms. The number of carboxylic acid groups (broad SMARTS) is 1. The first-order valence-electron chi connectivity index (χ1n) is 5.95. The van der Waals surface area contributed by atoms with Crippen LogP contribution < -0.4 is 10.9 Å². The number of carbonyl (C=O) groups is 2. The number of aromatic nitrogens is 1. The lowest BCUT2D eigenvalue weighted by molar-refractivity contribution is -0.137. The van der Waals surface area contributed by atoms with Crippen LogP contribution in [0.1, 0.15) is 10.4 Å². The molecule has 0 fully saturated rings. The van der Waals surface area contributed by atoms with Crippen molar-refractivity contribution >= 4 is 17.6 Å². The molecule has 0 spiro atoms. The summed E-state index contributed by atoms with van der Waals surface area (Å²) in [4.78, 5) is 34.1. The molecule has 2 N–H and O–H groups in total. The van der Waals surface area contributed by atoms with Gasteiger partial charge in [-0.25, -0.2) is 4.39 Å². The summed E-state index contributed by atoms with van der Waals surface area (Å²) >= 11 is 0. The third-order valence-electron chi connectivity index (χ3n) is 2.65. The van der Waals surface area contributed by atoms with Gasteiger partial charge in [-0.1, -0.05) is 0 Å². The van der Waals surface area contributed by atoms with E-state index in [9.17, 15) is 18.8 Å². The molecule has 0 unspecified atom stereocenters. The van der Waals surface area contributed by atoms with Gasteiger partial charge in [0.25, 0.3) is 11.5 Å². The number of benzene rings is 1. The molecule has 0 aliphatic carbocycles. The maximum atomic E-state index is 12.8. The minimum absolute atomic E-state index is 0.125. The lowest BCUT2D eigenvalue weighted by Crippen LogP contribution is -2.25. The van der Waals surface area contributed by atoms with Gasteiger partial charge in [0, 0.05) is 18.0 Å². The molecular weight excluding hydrogens is 279 g/mol. The number of hydrogen-bond acceptors (Lipinski definition) is 3. The van der Waals surface area contributed by atoms with Crippen LogP contribution in [0.4, 0.5) is 10.1 Å². The highest BCUT2D eigenvalue weighted by atomic mass is 19.1. The molecule has 1 amide bonds. The molecule has 2 aromatic rings. The number of nitrogens with one attached hydrogen (secondary N) is 1. The van der Waals surface area contributed by atoms with Gasteiger partial charge in [-0.15, -0.1) is 0 Å². The Morgan fingerprint density at radius 1 is 1.14 bits per heavy atom. The van der Waals surface area contributed by atoms with Gasteiger partial charge in [0.05, 0.1) is 5.56 Å². The van der Waals surface area contributed by atoms with Crippen LogP contribution in [0.3, 0.4) is 0 Å². The van der Waals surface area contributed by atoms with Crippen LogP contribution in [0.15, 0.2) is 47.4 Å². The molecule has 108 valence electrons. The third kappa shape index (κ3) is 3.75. The molecule has 0 atom stereocenters. The maximum absolute atomic E-state index is 12.8. The normalized spacial score (nSPS) is 10.1. The fraction of sp³-hybridized carbons (Fsp3) is 0.0714. The summed E-state index contributed by atoms with van der Waals surface area (Å²) in [5.41, 5.74) is -0.00621. The first kappa shape index (κ1) is 14.4. The summed E-state index contributed by atoms with van der Waals surface area (Å²) in [5, 5.41) is 11.2. The lowest BCUT2D eigenvalue weighted by Gasteiger charge is -2.07. The van der Waals surface area contributed by atoms with Crippen molar-refractivity contribution in [3.63, 3.8) is 0 Å². The number of carboxylic acids is 1. The molecule has 1 aromatic heterocycles. The van der Waals surface area contributed by atoms with Gasteiger partial charge in [-0.05, 0) is 30.3 Å². The lowest BCUT2D eigenvalue weighted by atomic mass is 10.2. The van der Waals surface area contributed by atoms with Crippen molar-refractivity contribution < 1.29 is 19.1 Å². The number of pyridine rings is 1. The molecular formula is C14H11FN2O4. The van der Waals surface area contributed by atoms with E-state index >= 15 is 0 Å². The highest BCUT2D eigenvalue weighted by Crippen LogP contribution is 2.10. The number of halogens is 1. The van der Waals surface area contributed by atoms with Crippen LogP contribution in [0.5, 0.6) is 0 Å². The molecule has 1 aromatic carbocycles. The average molecular weight is 290 g/mol. The zero-order valence-corrected chi connectivity index (χ0v) is 10.7. The van der Waals surface area contributed by atoms with Crippen molar-refractivity contribution in [2.75, 3.05) is 5.32 Å². The Morgan fingerprint density at radius 2 is 1.81 bits per heavy atom. The first-order valence-corrected chi connectivity index (χ1v) is 5.95. The predicted molar refractivity (Wildman–Crippen MR) is 72.7 cm³/mol. The van der Waals surface area contributed by atoms with E-state index in [0.29, 0.717) is 5.69 Å². The van der Waals surface area contributed by atoms with Crippen LogP contribution in [-0.2, 0) is 11.3 Å². The standard InChI is InChI=1S/C14H11FN2O4/c15-10-2-4-11(5-3-10)16-14(21)9-1-6-12(18)17(7-9)8-13(19)20/h1-7H,8H2,(H,16,21)(H,19,20). The average Bonchev–Trinajstić information content (AvgIpc) is 2.43. The second-order valence-electron chi connectivity index (χ2n) is 4.24. The number of hydrogen-bond donors (Lipinski definition) is 2. The number of nitrogens with zero attached hydrogens (tertiary/aromatic N) is 1. The van der Waals surface area contributed by atoms with Crippen LogP contribution in [0.25, 0.3) is 0 Å². The quantitative estimate of drug-likeness (QED) is 0.889. The Balaban J connectivity index is 2.21. The molecule has 0 saturated carbocycles. The Labute approximate surface area is 118 Å². The second kappa shape index (κ2) is 6.00. The predicted octanol–water partition coefficient (Wildman–Crippen LogP) is 1.32. The Kier molecular flexibility index (Phi) is 4.13. The highest BCUT2D eigenvalue weighted by molar-refractivity contribution is 6.04. The maximum Gasteiger partial charge on any atom is 0.323 e. The SMILES string of the molecule is O=C(O)Cn1cc(C(=O)Nc2ccc(F)cc2)ccc1=O. The molecule has 0 radical (unpaired) electrons. The Bertz CT molecular complexity index is 737. The fourth-order valence-corrected chi connectivity index (χ4v) is 1.67. The molecule has 0 aliphatic rings. The summed E-state index contributed by atoms with van der Waals surface area (Å²) in [6.45, 7) is -0.531. The summed E-state index contributed by atoms with van der Waals surface area (Å²) in [6.07, 6.45) is 1.16. The van der Waals surface area contributed by atoms with Crippen LogP contribution >= 0.6 is 0 Å². The number of aliphatic carboxylic acids is 1. The molecule has 2 rings (SSSR count). The second-order valence-corrected chi connectivity index (χ2v) is 4.24. The van der Waals surface area contributed by atoms with Gasteiger partial charge in [0.15, 0.2) is 0 Å². The van der Waals surface area contributed by atoms with Gasteiger partial charge >= 0.3 is 5.97 Å². The number of anilines is 1. The first-order chi connectivity index (χ1) is 9.95. The van der Waals surface area contributed by atoms with Crippen molar-refractivity contribution in [2.24, 2.45) is 0 Å². The largest absolute Gasteiger partial charge is 0.480 e.